The number of nitrogens with zero attached hydrogens (tertiary/aromatic N) is 1. The molecular formula is C12H22N2O3. The summed E-state index contributed by atoms with van der Waals surface area (Å²) in [7, 11) is 1.69. The van der Waals surface area contributed by atoms with Crippen molar-refractivity contribution in [2.45, 2.75) is 31.4 Å². The number of aliphatic hydroxyl groups is 1. The summed E-state index contributed by atoms with van der Waals surface area (Å²) in [5.74, 6) is 0.572. The average molecular weight is 242 g/mol. The standard InChI is InChI=1S/C12H22N2O3/c1-17-10-6-11(13-7-10)12(16)14-4-2-9(8-15)3-5-14/h9-11,13,15H,2-8H2,1H3. The summed E-state index contributed by atoms with van der Waals surface area (Å²) >= 11 is 0. The number of aliphatic hydroxyl groups excluding tert-OH is 1. The van der Waals surface area contributed by atoms with Crippen LogP contribution in [0.2, 0.25) is 0 Å². The lowest BCUT2D eigenvalue weighted by atomic mass is 9.97. The van der Waals surface area contributed by atoms with Crippen molar-refractivity contribution in [3.05, 3.63) is 0 Å². The fourth-order valence-corrected chi connectivity index (χ4v) is 2.63. The number of carbonyl (C=O) groups excluding carboxylic acids is 1. The molecular weight excluding hydrogens is 220 g/mol. The van der Waals surface area contributed by atoms with E-state index in [9.17, 15) is 4.79 Å². The summed E-state index contributed by atoms with van der Waals surface area (Å²) in [4.78, 5) is 14.1. The van der Waals surface area contributed by atoms with Crippen LogP contribution in [0.3, 0.4) is 0 Å². The number of nitrogens with one attached hydrogen (secondary N) is 1. The number of carbonyl (C=O) groups is 1. The van der Waals surface area contributed by atoms with Gasteiger partial charge in [0.25, 0.3) is 0 Å². The Morgan fingerprint density at radius 2 is 2.18 bits per heavy atom. The van der Waals surface area contributed by atoms with Crippen molar-refractivity contribution in [1.82, 2.24) is 10.2 Å². The first-order chi connectivity index (χ1) is 8.24. The van der Waals surface area contributed by atoms with Crippen molar-refractivity contribution in [2.24, 2.45) is 5.92 Å². The molecule has 0 aromatic carbocycles. The van der Waals surface area contributed by atoms with Crippen LogP contribution >= 0.6 is 0 Å². The summed E-state index contributed by atoms with van der Waals surface area (Å²) in [5, 5.41) is 12.3. The molecule has 2 heterocycles. The van der Waals surface area contributed by atoms with Crippen LogP contribution in [-0.2, 0) is 9.53 Å². The van der Waals surface area contributed by atoms with Gasteiger partial charge in [0.15, 0.2) is 0 Å². The maximum Gasteiger partial charge on any atom is 0.239 e. The number of hydrogen-bond acceptors (Lipinski definition) is 4. The molecule has 5 nitrogen and oxygen atoms in total. The van der Waals surface area contributed by atoms with Gasteiger partial charge in [-0.1, -0.05) is 0 Å². The van der Waals surface area contributed by atoms with Crippen LogP contribution in [0.25, 0.3) is 0 Å². The highest BCUT2D eigenvalue weighted by Gasteiger charge is 2.33. The normalized spacial score (nSPS) is 30.8. The van der Waals surface area contributed by atoms with Crippen LogP contribution in [0.5, 0.6) is 0 Å². The predicted molar refractivity (Wildman–Crippen MR) is 63.6 cm³/mol. The molecule has 2 fully saturated rings. The first kappa shape index (κ1) is 12.8. The minimum Gasteiger partial charge on any atom is -0.396 e. The summed E-state index contributed by atoms with van der Waals surface area (Å²) in [6.45, 7) is 2.56. The van der Waals surface area contributed by atoms with Crippen molar-refractivity contribution >= 4 is 5.91 Å². The first-order valence-corrected chi connectivity index (χ1v) is 6.40. The Bertz CT molecular complexity index is 264. The molecule has 0 spiro atoms. The Balaban J connectivity index is 1.81. The van der Waals surface area contributed by atoms with Crippen LogP contribution in [0.4, 0.5) is 0 Å². The van der Waals surface area contributed by atoms with Gasteiger partial charge < -0.3 is 20.1 Å². The Morgan fingerprint density at radius 3 is 2.71 bits per heavy atom. The summed E-state index contributed by atoms with van der Waals surface area (Å²) in [6.07, 6.45) is 2.78. The lowest BCUT2D eigenvalue weighted by Crippen LogP contribution is -2.47. The van der Waals surface area contributed by atoms with Gasteiger partial charge in [0, 0.05) is 33.4 Å². The van der Waals surface area contributed by atoms with E-state index in [1.807, 2.05) is 4.90 Å². The Hall–Kier alpha value is -0.650. The molecule has 0 radical (unpaired) electrons. The molecule has 5 heteroatoms. The lowest BCUT2D eigenvalue weighted by Gasteiger charge is -2.32. The molecule has 0 aromatic rings. The molecule has 2 saturated heterocycles. The van der Waals surface area contributed by atoms with Crippen molar-refractivity contribution in [3.8, 4) is 0 Å². The van der Waals surface area contributed by atoms with Crippen LogP contribution in [0.15, 0.2) is 0 Å². The molecule has 2 N–H and O–H groups in total. The fourth-order valence-electron chi connectivity index (χ4n) is 2.63. The third kappa shape index (κ3) is 2.97. The molecule has 0 saturated carbocycles. The van der Waals surface area contributed by atoms with E-state index in [1.54, 1.807) is 7.11 Å². The van der Waals surface area contributed by atoms with Crippen molar-refractivity contribution in [2.75, 3.05) is 33.4 Å². The predicted octanol–water partition coefficient (Wildman–Crippen LogP) is -0.406. The number of piperidine rings is 1. The molecule has 1 amide bonds. The van der Waals surface area contributed by atoms with Crippen molar-refractivity contribution in [1.29, 1.82) is 0 Å². The third-order valence-corrected chi connectivity index (χ3v) is 3.91. The monoisotopic (exact) mass is 242 g/mol. The minimum absolute atomic E-state index is 0.0781. The summed E-state index contributed by atoms with van der Waals surface area (Å²) < 4.78 is 5.25. The van der Waals surface area contributed by atoms with Gasteiger partial charge in [-0.3, -0.25) is 4.79 Å². The van der Waals surface area contributed by atoms with Gasteiger partial charge in [-0.2, -0.15) is 0 Å². The molecule has 98 valence electrons. The highest BCUT2D eigenvalue weighted by molar-refractivity contribution is 5.82. The smallest absolute Gasteiger partial charge is 0.239 e. The van der Waals surface area contributed by atoms with Crippen LogP contribution in [-0.4, -0.2) is 61.4 Å². The average Bonchev–Trinajstić information content (AvgIpc) is 2.87. The molecule has 2 atom stereocenters. The van der Waals surface area contributed by atoms with Gasteiger partial charge in [-0.05, 0) is 25.2 Å². The van der Waals surface area contributed by atoms with Gasteiger partial charge >= 0.3 is 0 Å². The van der Waals surface area contributed by atoms with Crippen molar-refractivity contribution < 1.29 is 14.6 Å². The minimum atomic E-state index is -0.0781. The lowest BCUT2D eigenvalue weighted by molar-refractivity contribution is -0.134. The quantitative estimate of drug-likeness (QED) is 0.706. The van der Waals surface area contributed by atoms with Gasteiger partial charge in [-0.25, -0.2) is 0 Å². The first-order valence-electron chi connectivity index (χ1n) is 6.40. The van der Waals surface area contributed by atoms with Gasteiger partial charge in [0.1, 0.15) is 0 Å². The topological polar surface area (TPSA) is 61.8 Å². The maximum absolute atomic E-state index is 12.2. The van der Waals surface area contributed by atoms with Crippen molar-refractivity contribution in [3.63, 3.8) is 0 Å². The van der Waals surface area contributed by atoms with Gasteiger partial charge in [0.2, 0.25) is 5.91 Å². The van der Waals surface area contributed by atoms with E-state index in [0.717, 1.165) is 38.9 Å². The second-order valence-corrected chi connectivity index (χ2v) is 5.01. The molecule has 17 heavy (non-hydrogen) atoms. The molecule has 2 aliphatic rings. The molecule has 0 aromatic heterocycles. The fraction of sp³-hybridized carbons (Fsp3) is 0.917. The number of rotatable bonds is 3. The van der Waals surface area contributed by atoms with E-state index in [-0.39, 0.29) is 24.7 Å². The maximum atomic E-state index is 12.2. The van der Waals surface area contributed by atoms with Gasteiger partial charge in [-0.15, -0.1) is 0 Å². The number of methoxy groups -OCH3 is 1. The van der Waals surface area contributed by atoms with E-state index in [1.165, 1.54) is 0 Å². The Morgan fingerprint density at radius 1 is 1.47 bits per heavy atom. The largest absolute Gasteiger partial charge is 0.396 e. The zero-order valence-corrected chi connectivity index (χ0v) is 10.4. The molecule has 2 aliphatic heterocycles. The highest BCUT2D eigenvalue weighted by Crippen LogP contribution is 2.19. The zero-order chi connectivity index (χ0) is 12.3. The Kier molecular flexibility index (Phi) is 4.36. The SMILES string of the molecule is COC1CNC(C(=O)N2CCC(CO)CC2)C1. The number of hydrogen-bond donors (Lipinski definition) is 2. The second-order valence-electron chi connectivity index (χ2n) is 5.01. The molecule has 2 rings (SSSR count). The number of amides is 1. The molecule has 0 aliphatic carbocycles. The number of likely N-dealkylation sites (tertiary alicyclic amines) is 1. The van der Waals surface area contributed by atoms with Crippen LogP contribution < -0.4 is 5.32 Å². The Labute approximate surface area is 102 Å². The van der Waals surface area contributed by atoms with Crippen LogP contribution in [0, 0.1) is 5.92 Å². The highest BCUT2D eigenvalue weighted by atomic mass is 16.5. The van der Waals surface area contributed by atoms with Crippen LogP contribution in [0.1, 0.15) is 19.3 Å². The molecule has 0 bridgehead atoms. The molecule has 2 unspecified atom stereocenters. The zero-order valence-electron chi connectivity index (χ0n) is 10.4. The third-order valence-electron chi connectivity index (χ3n) is 3.91. The van der Waals surface area contributed by atoms with Gasteiger partial charge in [0.05, 0.1) is 12.1 Å². The van der Waals surface area contributed by atoms with E-state index in [0.29, 0.717) is 5.92 Å². The summed E-state index contributed by atoms with van der Waals surface area (Å²) in [5.41, 5.74) is 0. The van der Waals surface area contributed by atoms with E-state index < -0.39 is 0 Å². The summed E-state index contributed by atoms with van der Waals surface area (Å²) in [6, 6.07) is -0.0781. The van der Waals surface area contributed by atoms with E-state index >= 15 is 0 Å². The van der Waals surface area contributed by atoms with E-state index in [4.69, 9.17) is 9.84 Å². The second kappa shape index (κ2) is 5.80. The van der Waals surface area contributed by atoms with E-state index in [2.05, 4.69) is 5.32 Å². The number of ether oxygens (including phenoxy) is 1.